The number of nitrogens with one attached hydrogen (secondary N) is 2. The van der Waals surface area contributed by atoms with Crippen LogP contribution in [0.1, 0.15) is 52.4 Å². The summed E-state index contributed by atoms with van der Waals surface area (Å²) in [5.41, 5.74) is 0.106. The molecule has 0 aromatic carbocycles. The second-order valence-electron chi connectivity index (χ2n) is 8.10. The topological polar surface area (TPSA) is 66.0 Å². The number of methoxy groups -OCH3 is 1. The molecule has 146 valence electrons. The fraction of sp³-hybridized carbons (Fsp3) is 0.895. The van der Waals surface area contributed by atoms with Crippen molar-refractivity contribution in [2.24, 2.45) is 16.3 Å². The molecular formula is C19H38N4O2. The van der Waals surface area contributed by atoms with Crippen LogP contribution in [0.25, 0.3) is 0 Å². The molecule has 0 aromatic heterocycles. The van der Waals surface area contributed by atoms with Gasteiger partial charge in [-0.2, -0.15) is 0 Å². The minimum Gasteiger partial charge on any atom is -0.385 e. The molecule has 0 unspecified atom stereocenters. The van der Waals surface area contributed by atoms with Crippen molar-refractivity contribution in [1.82, 2.24) is 15.5 Å². The van der Waals surface area contributed by atoms with E-state index in [4.69, 9.17) is 4.74 Å². The Morgan fingerprint density at radius 1 is 1.20 bits per heavy atom. The molecule has 0 atom stereocenters. The second-order valence-corrected chi connectivity index (χ2v) is 8.10. The summed E-state index contributed by atoms with van der Waals surface area (Å²) in [4.78, 5) is 17.9. The molecule has 0 radical (unpaired) electrons. The highest BCUT2D eigenvalue weighted by Gasteiger charge is 2.19. The number of likely N-dealkylation sites (N-methyl/N-ethyl adjacent to an activating group) is 1. The van der Waals surface area contributed by atoms with Gasteiger partial charge in [0.1, 0.15) is 6.54 Å². The molecule has 6 nitrogen and oxygen atoms in total. The van der Waals surface area contributed by atoms with Crippen molar-refractivity contribution in [3.05, 3.63) is 0 Å². The van der Waals surface area contributed by atoms with Gasteiger partial charge in [0.2, 0.25) is 5.91 Å². The SMILES string of the molecule is COCCC(C)(C)CNC(=NCC(=O)N(C)C)NCC1CCCCC1. The van der Waals surface area contributed by atoms with Crippen molar-refractivity contribution in [1.29, 1.82) is 0 Å². The smallest absolute Gasteiger partial charge is 0.243 e. The molecule has 25 heavy (non-hydrogen) atoms. The molecule has 1 fully saturated rings. The number of amides is 1. The Labute approximate surface area is 153 Å². The number of hydrogen-bond acceptors (Lipinski definition) is 3. The van der Waals surface area contributed by atoms with Gasteiger partial charge in [-0.1, -0.05) is 33.1 Å². The number of nitrogens with zero attached hydrogens (tertiary/aromatic N) is 2. The third-order valence-electron chi connectivity index (χ3n) is 4.87. The summed E-state index contributed by atoms with van der Waals surface area (Å²) in [7, 11) is 5.25. The normalized spacial score (nSPS) is 16.6. The highest BCUT2D eigenvalue weighted by Crippen LogP contribution is 2.22. The predicted octanol–water partition coefficient (Wildman–Crippen LogP) is 2.25. The molecule has 0 aromatic rings. The molecule has 0 aliphatic heterocycles. The van der Waals surface area contributed by atoms with Crippen molar-refractivity contribution in [3.8, 4) is 0 Å². The Balaban J connectivity index is 2.56. The number of ether oxygens (including phenoxy) is 1. The molecule has 1 amide bonds. The minimum atomic E-state index is 0.0115. The van der Waals surface area contributed by atoms with Crippen LogP contribution < -0.4 is 10.6 Å². The van der Waals surface area contributed by atoms with Gasteiger partial charge >= 0.3 is 0 Å². The number of rotatable bonds is 9. The highest BCUT2D eigenvalue weighted by molar-refractivity contribution is 5.84. The van der Waals surface area contributed by atoms with Crippen molar-refractivity contribution >= 4 is 11.9 Å². The van der Waals surface area contributed by atoms with E-state index in [2.05, 4.69) is 29.5 Å². The predicted molar refractivity (Wildman–Crippen MR) is 104 cm³/mol. The fourth-order valence-electron chi connectivity index (χ4n) is 2.88. The fourth-order valence-corrected chi connectivity index (χ4v) is 2.88. The van der Waals surface area contributed by atoms with Crippen LogP contribution in [0.2, 0.25) is 0 Å². The average molecular weight is 355 g/mol. The summed E-state index contributed by atoms with van der Waals surface area (Å²) >= 11 is 0. The van der Waals surface area contributed by atoms with Gasteiger partial charge in [-0.15, -0.1) is 0 Å². The van der Waals surface area contributed by atoms with E-state index < -0.39 is 0 Å². The van der Waals surface area contributed by atoms with Crippen LogP contribution in [0.5, 0.6) is 0 Å². The van der Waals surface area contributed by atoms with Crippen molar-refractivity contribution < 1.29 is 9.53 Å². The first-order valence-electron chi connectivity index (χ1n) is 9.55. The van der Waals surface area contributed by atoms with E-state index in [-0.39, 0.29) is 17.9 Å². The van der Waals surface area contributed by atoms with Gasteiger partial charge in [-0.25, -0.2) is 4.99 Å². The van der Waals surface area contributed by atoms with Gasteiger partial charge in [0.25, 0.3) is 0 Å². The Morgan fingerprint density at radius 2 is 1.88 bits per heavy atom. The van der Waals surface area contributed by atoms with E-state index >= 15 is 0 Å². The van der Waals surface area contributed by atoms with Crippen LogP contribution in [-0.4, -0.2) is 64.2 Å². The maximum absolute atomic E-state index is 11.8. The summed E-state index contributed by atoms with van der Waals surface area (Å²) in [5, 5.41) is 6.86. The second kappa shape index (κ2) is 11.3. The molecule has 1 saturated carbocycles. The monoisotopic (exact) mass is 354 g/mol. The lowest BCUT2D eigenvalue weighted by atomic mass is 9.89. The van der Waals surface area contributed by atoms with Crippen LogP contribution in [0.3, 0.4) is 0 Å². The number of hydrogen-bond donors (Lipinski definition) is 2. The minimum absolute atomic E-state index is 0.0115. The molecule has 1 rings (SSSR count). The first-order chi connectivity index (χ1) is 11.8. The van der Waals surface area contributed by atoms with Gasteiger partial charge in [-0.3, -0.25) is 4.79 Å². The molecular weight excluding hydrogens is 316 g/mol. The van der Waals surface area contributed by atoms with E-state index in [1.807, 2.05) is 0 Å². The third kappa shape index (κ3) is 9.68. The first-order valence-corrected chi connectivity index (χ1v) is 9.55. The molecule has 2 N–H and O–H groups in total. The van der Waals surface area contributed by atoms with Crippen molar-refractivity contribution in [2.75, 3.05) is 47.4 Å². The molecule has 0 spiro atoms. The number of carbonyl (C=O) groups is 1. The lowest BCUT2D eigenvalue weighted by molar-refractivity contribution is -0.127. The van der Waals surface area contributed by atoms with Crippen LogP contribution in [0, 0.1) is 11.3 Å². The van der Waals surface area contributed by atoms with Gasteiger partial charge in [0.15, 0.2) is 5.96 Å². The van der Waals surface area contributed by atoms with E-state index in [9.17, 15) is 4.79 Å². The largest absolute Gasteiger partial charge is 0.385 e. The number of guanidine groups is 1. The average Bonchev–Trinajstić information content (AvgIpc) is 2.59. The molecule has 0 saturated heterocycles. The summed E-state index contributed by atoms with van der Waals surface area (Å²) in [6.45, 7) is 7.07. The molecule has 0 bridgehead atoms. The molecule has 1 aliphatic rings. The molecule has 0 heterocycles. The zero-order valence-corrected chi connectivity index (χ0v) is 16.9. The maximum Gasteiger partial charge on any atom is 0.243 e. The van der Waals surface area contributed by atoms with Crippen molar-refractivity contribution in [2.45, 2.75) is 52.4 Å². The van der Waals surface area contributed by atoms with Crippen LogP contribution in [0.15, 0.2) is 4.99 Å². The zero-order valence-electron chi connectivity index (χ0n) is 16.9. The number of aliphatic imine (C=N–C) groups is 1. The third-order valence-corrected chi connectivity index (χ3v) is 4.87. The maximum atomic E-state index is 11.8. The van der Waals surface area contributed by atoms with Crippen molar-refractivity contribution in [3.63, 3.8) is 0 Å². The quantitative estimate of drug-likeness (QED) is 0.492. The Morgan fingerprint density at radius 3 is 2.48 bits per heavy atom. The summed E-state index contributed by atoms with van der Waals surface area (Å²) in [6, 6.07) is 0. The Bertz CT molecular complexity index is 416. The molecule has 6 heteroatoms. The lowest BCUT2D eigenvalue weighted by Gasteiger charge is -2.27. The van der Waals surface area contributed by atoms with E-state index in [0.717, 1.165) is 32.1 Å². The first kappa shape index (κ1) is 21.7. The lowest BCUT2D eigenvalue weighted by Crippen LogP contribution is -2.44. The Hall–Kier alpha value is -1.30. The van der Waals surface area contributed by atoms with Gasteiger partial charge in [0.05, 0.1) is 0 Å². The van der Waals surface area contributed by atoms with Gasteiger partial charge < -0.3 is 20.3 Å². The van der Waals surface area contributed by atoms with Gasteiger partial charge in [0, 0.05) is 40.9 Å². The number of carbonyl (C=O) groups excluding carboxylic acids is 1. The summed E-state index contributed by atoms with van der Waals surface area (Å²) in [5.74, 6) is 1.47. The van der Waals surface area contributed by atoms with Crippen LogP contribution in [-0.2, 0) is 9.53 Å². The zero-order chi connectivity index (χ0) is 18.7. The Kier molecular flexibility index (Phi) is 9.86. The van der Waals surface area contributed by atoms with E-state index in [1.54, 1.807) is 26.1 Å². The standard InChI is InChI=1S/C19H38N4O2/c1-19(2,11-12-25-5)15-22-18(21-14-17(24)23(3)4)20-13-16-9-7-6-8-10-16/h16H,6-15H2,1-5H3,(H2,20,21,22). The summed E-state index contributed by atoms with van der Waals surface area (Å²) < 4.78 is 5.19. The summed E-state index contributed by atoms with van der Waals surface area (Å²) in [6.07, 6.45) is 7.57. The van der Waals surface area contributed by atoms with Crippen LogP contribution in [0.4, 0.5) is 0 Å². The van der Waals surface area contributed by atoms with E-state index in [0.29, 0.717) is 5.92 Å². The molecule has 1 aliphatic carbocycles. The van der Waals surface area contributed by atoms with Crippen LogP contribution >= 0.6 is 0 Å². The highest BCUT2D eigenvalue weighted by atomic mass is 16.5. The van der Waals surface area contributed by atoms with Gasteiger partial charge in [-0.05, 0) is 30.6 Å². The van der Waals surface area contributed by atoms with E-state index in [1.165, 1.54) is 32.1 Å².